The van der Waals surface area contributed by atoms with Gasteiger partial charge < -0.3 is 15.2 Å². The van der Waals surface area contributed by atoms with Gasteiger partial charge in [0, 0.05) is 7.05 Å². The average Bonchev–Trinajstić information content (AvgIpc) is 2.35. The zero-order chi connectivity index (χ0) is 13.5. The van der Waals surface area contributed by atoms with Gasteiger partial charge >= 0.3 is 0 Å². The zero-order valence-corrected chi connectivity index (χ0v) is 12.4. The lowest BCUT2D eigenvalue weighted by atomic mass is 10.2. The maximum atomic E-state index is 9.74. The molecule has 0 saturated heterocycles. The smallest absolute Gasteiger partial charge is 0.186 e. The number of halogens is 1. The second-order valence-corrected chi connectivity index (χ2v) is 4.49. The van der Waals surface area contributed by atoms with E-state index in [1.165, 1.54) is 0 Å². The molecule has 18 heavy (non-hydrogen) atoms. The van der Waals surface area contributed by atoms with Gasteiger partial charge in [-0.15, -0.1) is 0 Å². The van der Waals surface area contributed by atoms with Crippen LogP contribution in [0.25, 0.3) is 0 Å². The van der Waals surface area contributed by atoms with Crippen molar-refractivity contribution in [2.45, 2.75) is 6.92 Å². The number of phenolic OH excluding ortho intramolecular Hbond substituents is 1. The van der Waals surface area contributed by atoms with Gasteiger partial charge in [-0.1, -0.05) is 0 Å². The van der Waals surface area contributed by atoms with Crippen molar-refractivity contribution in [2.75, 3.05) is 13.7 Å². The average molecular weight is 332 g/mol. The van der Waals surface area contributed by atoms with Gasteiger partial charge in [0.15, 0.2) is 16.6 Å². The second-order valence-electron chi connectivity index (χ2n) is 3.23. The number of nitrogens with zero attached hydrogens (tertiary/aromatic N) is 1. The Balaban J connectivity index is 2.86. The van der Waals surface area contributed by atoms with E-state index in [1.807, 2.05) is 6.92 Å². The fourth-order valence-corrected chi connectivity index (χ4v) is 1.67. The molecule has 0 aliphatic rings. The highest BCUT2D eigenvalue weighted by molar-refractivity contribution is 9.10. The SMILES string of the molecule is CCOc1cc(/C=N/NC(=S)NC)cc(Br)c1O. The van der Waals surface area contributed by atoms with Gasteiger partial charge in [0.1, 0.15) is 0 Å². The molecule has 0 radical (unpaired) electrons. The first kappa shape index (κ1) is 14.7. The Labute approximate surface area is 119 Å². The highest BCUT2D eigenvalue weighted by atomic mass is 79.9. The third-order valence-electron chi connectivity index (χ3n) is 1.96. The number of nitrogens with one attached hydrogen (secondary N) is 2. The molecule has 0 heterocycles. The molecule has 0 aliphatic heterocycles. The fraction of sp³-hybridized carbons (Fsp3) is 0.273. The summed E-state index contributed by atoms with van der Waals surface area (Å²) >= 11 is 8.13. The standard InChI is InChI=1S/C11H14BrN3O2S/c1-3-17-9-5-7(4-8(12)10(9)16)6-14-15-11(18)13-2/h4-6,16H,3H2,1-2H3,(H2,13,15,18)/b14-6+. The minimum Gasteiger partial charge on any atom is -0.503 e. The Morgan fingerprint density at radius 2 is 2.33 bits per heavy atom. The van der Waals surface area contributed by atoms with Crippen LogP contribution in [-0.4, -0.2) is 30.1 Å². The number of aromatic hydroxyl groups is 1. The molecular weight excluding hydrogens is 318 g/mol. The van der Waals surface area contributed by atoms with E-state index < -0.39 is 0 Å². The summed E-state index contributed by atoms with van der Waals surface area (Å²) in [7, 11) is 1.70. The van der Waals surface area contributed by atoms with Gasteiger partial charge in [0.05, 0.1) is 17.3 Å². The fourth-order valence-electron chi connectivity index (χ4n) is 1.16. The summed E-state index contributed by atoms with van der Waals surface area (Å²) in [5.41, 5.74) is 3.41. The number of phenols is 1. The zero-order valence-electron chi connectivity index (χ0n) is 10.0. The molecule has 0 aromatic heterocycles. The van der Waals surface area contributed by atoms with Crippen molar-refractivity contribution in [2.24, 2.45) is 5.10 Å². The monoisotopic (exact) mass is 331 g/mol. The predicted molar refractivity (Wildman–Crippen MR) is 79.4 cm³/mol. The van der Waals surface area contributed by atoms with Crippen LogP contribution >= 0.6 is 28.1 Å². The van der Waals surface area contributed by atoms with Crippen molar-refractivity contribution in [3.05, 3.63) is 22.2 Å². The molecule has 3 N–H and O–H groups in total. The minimum absolute atomic E-state index is 0.0766. The van der Waals surface area contributed by atoms with E-state index in [9.17, 15) is 5.11 Å². The van der Waals surface area contributed by atoms with Crippen LogP contribution in [0.1, 0.15) is 12.5 Å². The summed E-state index contributed by atoms with van der Waals surface area (Å²) < 4.78 is 5.85. The van der Waals surface area contributed by atoms with Gasteiger partial charge in [-0.25, -0.2) is 0 Å². The molecular formula is C11H14BrN3O2S. The molecule has 0 bridgehead atoms. The van der Waals surface area contributed by atoms with Gasteiger partial charge in [-0.3, -0.25) is 5.43 Å². The van der Waals surface area contributed by atoms with Crippen LogP contribution in [0.3, 0.4) is 0 Å². The van der Waals surface area contributed by atoms with Crippen molar-refractivity contribution < 1.29 is 9.84 Å². The molecule has 0 amide bonds. The molecule has 0 spiro atoms. The molecule has 1 aromatic carbocycles. The molecule has 0 atom stereocenters. The van der Waals surface area contributed by atoms with E-state index in [2.05, 4.69) is 31.8 Å². The molecule has 1 rings (SSSR count). The summed E-state index contributed by atoms with van der Waals surface area (Å²) in [6.45, 7) is 2.32. The van der Waals surface area contributed by atoms with E-state index in [4.69, 9.17) is 17.0 Å². The lowest BCUT2D eigenvalue weighted by Gasteiger charge is -2.08. The molecule has 1 aromatic rings. The lowest BCUT2D eigenvalue weighted by molar-refractivity contribution is 0.317. The van der Waals surface area contributed by atoms with Crippen molar-refractivity contribution in [1.82, 2.24) is 10.7 Å². The van der Waals surface area contributed by atoms with Crippen molar-refractivity contribution in [1.29, 1.82) is 0 Å². The van der Waals surface area contributed by atoms with Crippen LogP contribution in [0.5, 0.6) is 11.5 Å². The van der Waals surface area contributed by atoms with E-state index in [0.717, 1.165) is 5.56 Å². The quantitative estimate of drug-likeness (QED) is 0.447. The molecule has 0 unspecified atom stereocenters. The molecule has 7 heteroatoms. The van der Waals surface area contributed by atoms with E-state index >= 15 is 0 Å². The Kier molecular flexibility index (Phi) is 5.87. The maximum Gasteiger partial charge on any atom is 0.186 e. The predicted octanol–water partition coefficient (Wildman–Crippen LogP) is 1.98. The topological polar surface area (TPSA) is 65.9 Å². The summed E-state index contributed by atoms with van der Waals surface area (Å²) in [6.07, 6.45) is 1.58. The molecule has 0 saturated carbocycles. The Bertz CT molecular complexity index is 466. The summed E-state index contributed by atoms with van der Waals surface area (Å²) in [6, 6.07) is 3.42. The third kappa shape index (κ3) is 4.15. The highest BCUT2D eigenvalue weighted by Crippen LogP contribution is 2.34. The summed E-state index contributed by atoms with van der Waals surface area (Å²) in [5, 5.41) is 16.9. The number of hydrazone groups is 1. The number of benzene rings is 1. The Morgan fingerprint density at radius 3 is 2.94 bits per heavy atom. The number of hydrogen-bond acceptors (Lipinski definition) is 4. The van der Waals surface area contributed by atoms with Gasteiger partial charge in [-0.2, -0.15) is 5.10 Å². The lowest BCUT2D eigenvalue weighted by Crippen LogP contribution is -2.28. The van der Waals surface area contributed by atoms with Crippen LogP contribution < -0.4 is 15.5 Å². The number of rotatable bonds is 4. The van der Waals surface area contributed by atoms with Gasteiger partial charge in [0.25, 0.3) is 0 Å². The third-order valence-corrected chi connectivity index (χ3v) is 2.86. The van der Waals surface area contributed by atoms with Crippen molar-refractivity contribution >= 4 is 39.5 Å². The van der Waals surface area contributed by atoms with E-state index in [0.29, 0.717) is 21.9 Å². The van der Waals surface area contributed by atoms with Crippen molar-refractivity contribution in [3.8, 4) is 11.5 Å². The Morgan fingerprint density at radius 1 is 1.61 bits per heavy atom. The number of thiocarbonyl (C=S) groups is 1. The Hall–Kier alpha value is -1.34. The molecule has 98 valence electrons. The van der Waals surface area contributed by atoms with E-state index in [1.54, 1.807) is 25.4 Å². The van der Waals surface area contributed by atoms with E-state index in [-0.39, 0.29) is 5.75 Å². The largest absolute Gasteiger partial charge is 0.503 e. The first-order valence-electron chi connectivity index (χ1n) is 5.24. The first-order chi connectivity index (χ1) is 8.58. The summed E-state index contributed by atoms with van der Waals surface area (Å²) in [4.78, 5) is 0. The molecule has 0 fully saturated rings. The van der Waals surface area contributed by atoms with Crippen LogP contribution in [-0.2, 0) is 0 Å². The maximum absolute atomic E-state index is 9.74. The van der Waals surface area contributed by atoms with Crippen molar-refractivity contribution in [3.63, 3.8) is 0 Å². The van der Waals surface area contributed by atoms with Crippen LogP contribution in [0.15, 0.2) is 21.7 Å². The number of hydrogen-bond donors (Lipinski definition) is 3. The van der Waals surface area contributed by atoms with Crippen LogP contribution in [0.2, 0.25) is 0 Å². The molecule has 0 aliphatic carbocycles. The molecule has 5 nitrogen and oxygen atoms in total. The second kappa shape index (κ2) is 7.17. The summed E-state index contributed by atoms with van der Waals surface area (Å²) in [5.74, 6) is 0.484. The minimum atomic E-state index is 0.0766. The first-order valence-corrected chi connectivity index (χ1v) is 6.44. The van der Waals surface area contributed by atoms with Crippen LogP contribution in [0, 0.1) is 0 Å². The normalized spacial score (nSPS) is 10.4. The highest BCUT2D eigenvalue weighted by Gasteiger charge is 2.08. The van der Waals surface area contributed by atoms with Crippen LogP contribution in [0.4, 0.5) is 0 Å². The number of ether oxygens (including phenoxy) is 1. The van der Waals surface area contributed by atoms with Gasteiger partial charge in [-0.05, 0) is 52.8 Å². The van der Waals surface area contributed by atoms with Gasteiger partial charge in [0.2, 0.25) is 0 Å².